The van der Waals surface area contributed by atoms with Crippen LogP contribution < -0.4 is 0 Å². The summed E-state index contributed by atoms with van der Waals surface area (Å²) in [5, 5.41) is 0. The van der Waals surface area contributed by atoms with Gasteiger partial charge in [-0.25, -0.2) is 0 Å². The highest BCUT2D eigenvalue weighted by Gasteiger charge is 2.33. The topological polar surface area (TPSA) is 17.1 Å². The van der Waals surface area contributed by atoms with Gasteiger partial charge in [-0.05, 0) is 34.1 Å². The van der Waals surface area contributed by atoms with Crippen molar-refractivity contribution in [1.82, 2.24) is 0 Å². The Kier molecular flexibility index (Phi) is 5.99. The van der Waals surface area contributed by atoms with E-state index < -0.39 is 0 Å². The van der Waals surface area contributed by atoms with Crippen molar-refractivity contribution in [2.45, 2.75) is 41.5 Å². The van der Waals surface area contributed by atoms with Crippen LogP contribution in [0.15, 0.2) is 101 Å². The van der Waals surface area contributed by atoms with Crippen LogP contribution in [0.25, 0.3) is 5.57 Å². The Morgan fingerprint density at radius 1 is 0.667 bits per heavy atom. The first-order chi connectivity index (χ1) is 14.1. The molecule has 0 amide bonds. The van der Waals surface area contributed by atoms with Gasteiger partial charge in [-0.2, -0.15) is 0 Å². The molecule has 0 spiro atoms. The first-order valence-electron chi connectivity index (χ1n) is 10.4. The fraction of sp³-hybridized carbons (Fsp3) is 0.276. The van der Waals surface area contributed by atoms with Gasteiger partial charge >= 0.3 is 0 Å². The summed E-state index contributed by atoms with van der Waals surface area (Å²) in [6, 6.07) is 20.5. The summed E-state index contributed by atoms with van der Waals surface area (Å²) in [7, 11) is 0. The van der Waals surface area contributed by atoms with E-state index >= 15 is 0 Å². The number of hydrogen-bond donors (Lipinski definition) is 0. The van der Waals surface area contributed by atoms with E-state index in [4.69, 9.17) is 0 Å². The fourth-order valence-corrected chi connectivity index (χ4v) is 3.47. The van der Waals surface area contributed by atoms with E-state index in [1.807, 2.05) is 48.6 Å². The lowest BCUT2D eigenvalue weighted by atomic mass is 9.72. The summed E-state index contributed by atoms with van der Waals surface area (Å²) in [5.74, 6) is 0.135. The average Bonchev–Trinajstić information content (AvgIpc) is 2.69. The Morgan fingerprint density at radius 2 is 1.07 bits per heavy atom. The third kappa shape index (κ3) is 4.89. The number of ketones is 1. The van der Waals surface area contributed by atoms with Crippen molar-refractivity contribution in [3.8, 4) is 0 Å². The van der Waals surface area contributed by atoms with E-state index in [2.05, 4.69) is 77.3 Å². The molecule has 1 nitrogen and oxygen atoms in total. The zero-order valence-corrected chi connectivity index (χ0v) is 18.8. The molecule has 0 heterocycles. The molecule has 0 aromatic heterocycles. The third-order valence-electron chi connectivity index (χ3n) is 5.16. The fourth-order valence-electron chi connectivity index (χ4n) is 3.47. The average molecular weight is 395 g/mol. The molecule has 1 heteroatoms. The smallest absolute Gasteiger partial charge is 0.186 e. The summed E-state index contributed by atoms with van der Waals surface area (Å²) < 4.78 is 0. The third-order valence-corrected chi connectivity index (χ3v) is 5.16. The van der Waals surface area contributed by atoms with Gasteiger partial charge in [0.15, 0.2) is 5.78 Å². The van der Waals surface area contributed by atoms with Crippen molar-refractivity contribution < 1.29 is 4.79 Å². The zero-order chi connectivity index (χ0) is 21.9. The van der Waals surface area contributed by atoms with Crippen LogP contribution in [0.5, 0.6) is 0 Å². The van der Waals surface area contributed by atoms with Crippen LogP contribution in [-0.4, -0.2) is 5.78 Å². The summed E-state index contributed by atoms with van der Waals surface area (Å²) in [6.07, 6.45) is 3.94. The van der Waals surface area contributed by atoms with Gasteiger partial charge < -0.3 is 0 Å². The molecule has 0 radical (unpaired) electrons. The SMILES string of the molecule is CC(C)(C)C1=CC(=C=C=C(c2ccccc2)c2ccccc2)C=C(C(C)(C)C)C1=O. The molecule has 0 saturated carbocycles. The van der Waals surface area contributed by atoms with Crippen LogP contribution >= 0.6 is 0 Å². The molecule has 2 aromatic carbocycles. The lowest BCUT2D eigenvalue weighted by molar-refractivity contribution is -0.114. The molecule has 0 aliphatic heterocycles. The van der Waals surface area contributed by atoms with Gasteiger partial charge in [0.25, 0.3) is 0 Å². The Hall–Kier alpha value is -3.11. The largest absolute Gasteiger partial charge is 0.289 e. The molecular weight excluding hydrogens is 364 g/mol. The van der Waals surface area contributed by atoms with Gasteiger partial charge in [-0.1, -0.05) is 114 Å². The number of Topliss-reactive ketones (excluding diaryl/α,β-unsaturated/α-hetero) is 1. The Morgan fingerprint density at radius 3 is 1.43 bits per heavy atom. The quantitative estimate of drug-likeness (QED) is 0.487. The van der Waals surface area contributed by atoms with Crippen molar-refractivity contribution >= 4 is 11.4 Å². The molecular formula is C29H30O. The summed E-state index contributed by atoms with van der Waals surface area (Å²) in [6.45, 7) is 12.5. The molecule has 152 valence electrons. The standard InChI is InChI=1S/C29H30O/c1-28(2,3)25-19-21(20-26(27(25)30)29(4,5)6)17-18-24(22-13-9-7-10-14-22)23-15-11-8-12-16-23/h7-16,19-20H,1-6H3. The van der Waals surface area contributed by atoms with Crippen molar-refractivity contribution in [3.63, 3.8) is 0 Å². The maximum absolute atomic E-state index is 13.1. The number of hydrogen-bond acceptors (Lipinski definition) is 1. The van der Waals surface area contributed by atoms with E-state index in [1.165, 1.54) is 0 Å². The lowest BCUT2D eigenvalue weighted by Crippen LogP contribution is -2.27. The van der Waals surface area contributed by atoms with Gasteiger partial charge in [0.05, 0.1) is 0 Å². The molecule has 0 bridgehead atoms. The van der Waals surface area contributed by atoms with Gasteiger partial charge in [0.2, 0.25) is 0 Å². The molecule has 0 N–H and O–H groups in total. The maximum atomic E-state index is 13.1. The highest BCUT2D eigenvalue weighted by Crippen LogP contribution is 2.38. The minimum atomic E-state index is -0.236. The molecule has 1 aliphatic carbocycles. The second-order valence-corrected chi connectivity index (χ2v) is 9.76. The van der Waals surface area contributed by atoms with Gasteiger partial charge in [0, 0.05) is 22.3 Å². The van der Waals surface area contributed by atoms with Crippen LogP contribution in [0, 0.1) is 10.8 Å². The lowest BCUT2D eigenvalue weighted by Gasteiger charge is -2.30. The van der Waals surface area contributed by atoms with Gasteiger partial charge in [-0.3, -0.25) is 4.79 Å². The van der Waals surface area contributed by atoms with Crippen molar-refractivity contribution in [2.75, 3.05) is 0 Å². The monoisotopic (exact) mass is 394 g/mol. The van der Waals surface area contributed by atoms with Crippen molar-refractivity contribution in [1.29, 1.82) is 0 Å². The summed E-state index contributed by atoms with van der Waals surface area (Å²) >= 11 is 0. The van der Waals surface area contributed by atoms with E-state index in [0.717, 1.165) is 33.4 Å². The number of benzene rings is 2. The molecule has 0 fully saturated rings. The molecule has 30 heavy (non-hydrogen) atoms. The Balaban J connectivity index is 2.30. The number of carbonyl (C=O) groups excluding carboxylic acids is 1. The Labute approximate surface area is 180 Å². The number of rotatable bonds is 2. The minimum absolute atomic E-state index is 0.135. The summed E-state index contributed by atoms with van der Waals surface area (Å²) in [4.78, 5) is 13.1. The Bertz CT molecular complexity index is 1020. The highest BCUT2D eigenvalue weighted by atomic mass is 16.1. The normalized spacial score (nSPS) is 14.5. The minimum Gasteiger partial charge on any atom is -0.289 e. The zero-order valence-electron chi connectivity index (χ0n) is 18.8. The highest BCUT2D eigenvalue weighted by molar-refractivity contribution is 6.11. The summed E-state index contributed by atoms with van der Waals surface area (Å²) in [5.41, 5.74) is 12.0. The predicted octanol–water partition coefficient (Wildman–Crippen LogP) is 7.33. The van der Waals surface area contributed by atoms with Crippen molar-refractivity contribution in [2.24, 2.45) is 10.8 Å². The van der Waals surface area contributed by atoms with Crippen LogP contribution in [0.3, 0.4) is 0 Å². The van der Waals surface area contributed by atoms with Crippen LogP contribution in [0.2, 0.25) is 0 Å². The van der Waals surface area contributed by atoms with Crippen molar-refractivity contribution in [3.05, 3.63) is 112 Å². The molecule has 1 aliphatic rings. The molecule has 0 unspecified atom stereocenters. The molecule has 0 atom stereocenters. The van der Waals surface area contributed by atoms with E-state index in [9.17, 15) is 4.79 Å². The first-order valence-corrected chi connectivity index (χ1v) is 10.4. The second-order valence-electron chi connectivity index (χ2n) is 9.76. The predicted molar refractivity (Wildman–Crippen MR) is 126 cm³/mol. The maximum Gasteiger partial charge on any atom is 0.186 e. The molecule has 2 aromatic rings. The number of carbonyl (C=O) groups is 1. The van der Waals surface area contributed by atoms with Gasteiger partial charge in [-0.15, -0.1) is 0 Å². The molecule has 0 saturated heterocycles. The molecule has 3 rings (SSSR count). The van der Waals surface area contributed by atoms with Gasteiger partial charge in [0.1, 0.15) is 0 Å². The van der Waals surface area contributed by atoms with E-state index in [-0.39, 0.29) is 16.6 Å². The van der Waals surface area contributed by atoms with Crippen LogP contribution in [0.4, 0.5) is 0 Å². The van der Waals surface area contributed by atoms with E-state index in [0.29, 0.717) is 0 Å². The van der Waals surface area contributed by atoms with E-state index in [1.54, 1.807) is 0 Å². The van der Waals surface area contributed by atoms with Crippen LogP contribution in [0.1, 0.15) is 52.7 Å². The first kappa shape index (κ1) is 21.6. The van der Waals surface area contributed by atoms with Crippen LogP contribution in [-0.2, 0) is 4.79 Å². The second kappa shape index (κ2) is 8.33. The number of allylic oxidation sites excluding steroid dienone is 5.